The number of hydrogen-bond donors (Lipinski definition) is 0. The molecule has 0 N–H and O–H groups in total. The summed E-state index contributed by atoms with van der Waals surface area (Å²) in [6, 6.07) is 13.7. The van der Waals surface area contributed by atoms with Crippen molar-refractivity contribution in [2.75, 3.05) is 6.54 Å². The Labute approximate surface area is 188 Å². The molecule has 5 nitrogen and oxygen atoms in total. The lowest BCUT2D eigenvalue weighted by Gasteiger charge is -2.39. The van der Waals surface area contributed by atoms with Gasteiger partial charge in [-0.15, -0.1) is 0 Å². The number of halogens is 1. The van der Waals surface area contributed by atoms with E-state index in [1.165, 1.54) is 0 Å². The van der Waals surface area contributed by atoms with Gasteiger partial charge in [0, 0.05) is 30.9 Å². The SMILES string of the molecule is Cn1cccc1-c1cc(C(=O)N2CC3(C)CC2CC(C)(C)C3)n(-c2ccc(Cl)cc2)n1. The number of nitrogens with zero attached hydrogens (tertiary/aromatic N) is 4. The zero-order valence-corrected chi connectivity index (χ0v) is 19.4. The molecule has 2 unspecified atom stereocenters. The lowest BCUT2D eigenvalue weighted by atomic mass is 9.65. The van der Waals surface area contributed by atoms with Gasteiger partial charge in [0.15, 0.2) is 0 Å². The highest BCUT2D eigenvalue weighted by molar-refractivity contribution is 6.30. The molecule has 5 rings (SSSR count). The Kier molecular flexibility index (Phi) is 4.60. The molecular weight excluding hydrogens is 408 g/mol. The summed E-state index contributed by atoms with van der Waals surface area (Å²) in [5.74, 6) is 0.0642. The van der Waals surface area contributed by atoms with Gasteiger partial charge in [0.1, 0.15) is 11.4 Å². The minimum atomic E-state index is 0.0642. The van der Waals surface area contributed by atoms with Gasteiger partial charge in [-0.2, -0.15) is 5.10 Å². The number of aryl methyl sites for hydroxylation is 1. The van der Waals surface area contributed by atoms with Crippen LogP contribution in [0.15, 0.2) is 48.7 Å². The normalized spacial score (nSPS) is 24.5. The second-order valence-corrected chi connectivity index (χ2v) is 10.9. The number of carbonyl (C=O) groups is 1. The first-order chi connectivity index (χ1) is 14.6. The first-order valence-electron chi connectivity index (χ1n) is 10.9. The van der Waals surface area contributed by atoms with E-state index in [1.807, 2.05) is 60.3 Å². The molecule has 2 atom stereocenters. The summed E-state index contributed by atoms with van der Waals surface area (Å²) in [7, 11) is 1.99. The molecule has 2 bridgehead atoms. The van der Waals surface area contributed by atoms with E-state index in [0.717, 1.165) is 42.9 Å². The van der Waals surface area contributed by atoms with Crippen LogP contribution in [0.4, 0.5) is 0 Å². The fourth-order valence-corrected chi connectivity index (χ4v) is 6.14. The lowest BCUT2D eigenvalue weighted by Crippen LogP contribution is -2.38. The third kappa shape index (κ3) is 3.59. The van der Waals surface area contributed by atoms with Crippen LogP contribution in [0.25, 0.3) is 17.1 Å². The van der Waals surface area contributed by atoms with Crippen LogP contribution in [0, 0.1) is 10.8 Å². The van der Waals surface area contributed by atoms with Gasteiger partial charge in [-0.05, 0) is 72.6 Å². The van der Waals surface area contributed by atoms with E-state index in [1.54, 1.807) is 4.68 Å². The molecule has 2 aromatic heterocycles. The Hall–Kier alpha value is -2.53. The largest absolute Gasteiger partial charge is 0.349 e. The summed E-state index contributed by atoms with van der Waals surface area (Å²) in [4.78, 5) is 16.0. The second kappa shape index (κ2) is 6.99. The smallest absolute Gasteiger partial charge is 0.272 e. The van der Waals surface area contributed by atoms with Gasteiger partial charge in [0.25, 0.3) is 5.91 Å². The molecule has 31 heavy (non-hydrogen) atoms. The molecule has 1 aliphatic heterocycles. The molecule has 2 aliphatic rings. The average Bonchev–Trinajstić information content (AvgIpc) is 3.36. The maximum atomic E-state index is 13.9. The number of amides is 1. The van der Waals surface area contributed by atoms with Crippen molar-refractivity contribution >= 4 is 17.5 Å². The van der Waals surface area contributed by atoms with Crippen molar-refractivity contribution in [2.24, 2.45) is 17.9 Å². The summed E-state index contributed by atoms with van der Waals surface area (Å²) in [5.41, 5.74) is 3.66. The highest BCUT2D eigenvalue weighted by Crippen LogP contribution is 2.52. The monoisotopic (exact) mass is 436 g/mol. The van der Waals surface area contributed by atoms with Crippen molar-refractivity contribution in [1.29, 1.82) is 0 Å². The lowest BCUT2D eigenvalue weighted by molar-refractivity contribution is 0.0699. The molecule has 162 valence electrons. The van der Waals surface area contributed by atoms with Crippen LogP contribution >= 0.6 is 11.6 Å². The Morgan fingerprint density at radius 3 is 2.55 bits per heavy atom. The van der Waals surface area contributed by atoms with Gasteiger partial charge in [0.2, 0.25) is 0 Å². The number of fused-ring (bicyclic) bond motifs is 2. The van der Waals surface area contributed by atoms with Crippen LogP contribution in [-0.2, 0) is 7.05 Å². The van der Waals surface area contributed by atoms with Crippen molar-refractivity contribution < 1.29 is 4.79 Å². The molecule has 1 aliphatic carbocycles. The van der Waals surface area contributed by atoms with Crippen molar-refractivity contribution in [3.63, 3.8) is 0 Å². The van der Waals surface area contributed by atoms with E-state index >= 15 is 0 Å². The summed E-state index contributed by atoms with van der Waals surface area (Å²) in [6.07, 6.45) is 5.28. The molecule has 3 aromatic rings. The minimum Gasteiger partial charge on any atom is -0.349 e. The first kappa shape index (κ1) is 20.4. The fraction of sp³-hybridized carbons (Fsp3) is 0.440. The molecule has 6 heteroatoms. The zero-order valence-electron chi connectivity index (χ0n) is 18.6. The third-order valence-electron chi connectivity index (χ3n) is 6.88. The van der Waals surface area contributed by atoms with Gasteiger partial charge in [-0.1, -0.05) is 32.4 Å². The van der Waals surface area contributed by atoms with E-state index in [-0.39, 0.29) is 22.8 Å². The Morgan fingerprint density at radius 1 is 1.13 bits per heavy atom. The van der Waals surface area contributed by atoms with E-state index in [9.17, 15) is 4.79 Å². The number of hydrogen-bond acceptors (Lipinski definition) is 2. The molecule has 0 spiro atoms. The number of benzene rings is 1. The van der Waals surface area contributed by atoms with Crippen molar-refractivity contribution in [1.82, 2.24) is 19.2 Å². The summed E-state index contributed by atoms with van der Waals surface area (Å²) in [5, 5.41) is 5.50. The van der Waals surface area contributed by atoms with E-state index in [2.05, 4.69) is 25.7 Å². The Bertz CT molecular complexity index is 1140. The van der Waals surface area contributed by atoms with Gasteiger partial charge in [-0.25, -0.2) is 4.68 Å². The highest BCUT2D eigenvalue weighted by Gasteiger charge is 2.51. The molecule has 0 radical (unpaired) electrons. The Balaban J connectivity index is 1.58. The van der Waals surface area contributed by atoms with Crippen LogP contribution in [0.3, 0.4) is 0 Å². The zero-order chi connectivity index (χ0) is 22.0. The summed E-state index contributed by atoms with van der Waals surface area (Å²) >= 11 is 6.11. The van der Waals surface area contributed by atoms with Crippen LogP contribution in [-0.4, -0.2) is 37.7 Å². The number of carbonyl (C=O) groups excluding carboxylic acids is 1. The van der Waals surface area contributed by atoms with Crippen molar-refractivity contribution in [3.8, 4) is 17.1 Å². The van der Waals surface area contributed by atoms with E-state index in [4.69, 9.17) is 16.7 Å². The van der Waals surface area contributed by atoms with E-state index in [0.29, 0.717) is 10.7 Å². The minimum absolute atomic E-state index is 0.0642. The summed E-state index contributed by atoms with van der Waals surface area (Å²) < 4.78 is 3.80. The van der Waals surface area contributed by atoms with Crippen molar-refractivity contribution in [2.45, 2.75) is 46.1 Å². The highest BCUT2D eigenvalue weighted by atomic mass is 35.5. The van der Waals surface area contributed by atoms with Crippen LogP contribution in [0.2, 0.25) is 5.02 Å². The predicted octanol–water partition coefficient (Wildman–Crippen LogP) is 5.57. The number of rotatable bonds is 3. The first-order valence-corrected chi connectivity index (χ1v) is 11.3. The quantitative estimate of drug-likeness (QED) is 0.538. The van der Waals surface area contributed by atoms with Crippen molar-refractivity contribution in [3.05, 3.63) is 59.4 Å². The standard InChI is InChI=1S/C25H29ClN4O/c1-24(2)13-19-14-25(3,15-24)16-29(19)23(31)22-12-20(21-6-5-11-28(21)4)27-30(22)18-9-7-17(26)8-10-18/h5-12,19H,13-16H2,1-4H3. The molecular formula is C25H29ClN4O. The van der Waals surface area contributed by atoms with Crippen LogP contribution < -0.4 is 0 Å². The molecule has 2 fully saturated rings. The molecule has 1 amide bonds. The van der Waals surface area contributed by atoms with Crippen LogP contribution in [0.1, 0.15) is 50.5 Å². The maximum Gasteiger partial charge on any atom is 0.272 e. The molecule has 1 saturated heterocycles. The predicted molar refractivity (Wildman–Crippen MR) is 124 cm³/mol. The second-order valence-electron chi connectivity index (χ2n) is 10.5. The van der Waals surface area contributed by atoms with Crippen LogP contribution in [0.5, 0.6) is 0 Å². The van der Waals surface area contributed by atoms with Gasteiger partial charge < -0.3 is 9.47 Å². The van der Waals surface area contributed by atoms with Gasteiger partial charge in [-0.3, -0.25) is 4.79 Å². The average molecular weight is 437 g/mol. The number of aromatic nitrogens is 3. The summed E-state index contributed by atoms with van der Waals surface area (Å²) in [6.45, 7) is 7.80. The maximum absolute atomic E-state index is 13.9. The van der Waals surface area contributed by atoms with Gasteiger partial charge in [0.05, 0.1) is 11.4 Å². The molecule has 3 heterocycles. The molecule has 1 saturated carbocycles. The van der Waals surface area contributed by atoms with E-state index < -0.39 is 0 Å². The topological polar surface area (TPSA) is 43.1 Å². The third-order valence-corrected chi connectivity index (χ3v) is 7.13. The molecule has 1 aromatic carbocycles. The van der Waals surface area contributed by atoms with Gasteiger partial charge >= 0.3 is 0 Å². The fourth-order valence-electron chi connectivity index (χ4n) is 6.01. The Morgan fingerprint density at radius 2 is 1.87 bits per heavy atom. The number of likely N-dealkylation sites (tertiary alicyclic amines) is 1.